The molecule has 2 aliphatic rings. The Bertz CT molecular complexity index is 469. The highest BCUT2D eigenvalue weighted by molar-refractivity contribution is 5.82. The molecule has 0 aromatic carbocycles. The molecule has 2 fully saturated rings. The number of amides is 2. The SMILES string of the molecule is CC(C)(C)C(=O)N1CCN(C(=O)CC2(CC(=O)O)CC2)CC1. The number of hydrogen-bond donors (Lipinski definition) is 1. The Morgan fingerprint density at radius 3 is 1.86 bits per heavy atom. The smallest absolute Gasteiger partial charge is 0.303 e. The van der Waals surface area contributed by atoms with Crippen LogP contribution in [0.3, 0.4) is 0 Å². The van der Waals surface area contributed by atoms with Crippen LogP contribution in [-0.4, -0.2) is 58.9 Å². The average molecular weight is 310 g/mol. The average Bonchev–Trinajstić information content (AvgIpc) is 3.15. The summed E-state index contributed by atoms with van der Waals surface area (Å²) in [5.74, 6) is -0.684. The lowest BCUT2D eigenvalue weighted by molar-refractivity contribution is -0.146. The highest BCUT2D eigenvalue weighted by atomic mass is 16.4. The largest absolute Gasteiger partial charge is 0.481 e. The normalized spacial score (nSPS) is 20.7. The molecule has 6 heteroatoms. The minimum atomic E-state index is -0.828. The van der Waals surface area contributed by atoms with Crippen molar-refractivity contribution >= 4 is 17.8 Å². The van der Waals surface area contributed by atoms with E-state index in [4.69, 9.17) is 5.11 Å². The summed E-state index contributed by atoms with van der Waals surface area (Å²) in [5, 5.41) is 8.92. The Morgan fingerprint density at radius 1 is 0.955 bits per heavy atom. The molecule has 22 heavy (non-hydrogen) atoms. The number of hydrogen-bond acceptors (Lipinski definition) is 3. The number of carboxylic acids is 1. The Hall–Kier alpha value is -1.59. The van der Waals surface area contributed by atoms with Crippen molar-refractivity contribution < 1.29 is 19.5 Å². The molecule has 2 amide bonds. The first-order valence-electron chi connectivity index (χ1n) is 7.92. The molecule has 2 rings (SSSR count). The predicted molar refractivity (Wildman–Crippen MR) is 81.2 cm³/mol. The molecule has 1 aliphatic heterocycles. The fourth-order valence-electron chi connectivity index (χ4n) is 2.98. The van der Waals surface area contributed by atoms with Gasteiger partial charge in [0.25, 0.3) is 0 Å². The van der Waals surface area contributed by atoms with Gasteiger partial charge in [0.2, 0.25) is 11.8 Å². The summed E-state index contributed by atoms with van der Waals surface area (Å²) in [5.41, 5.74) is -0.701. The fourth-order valence-corrected chi connectivity index (χ4v) is 2.98. The molecule has 0 radical (unpaired) electrons. The minimum Gasteiger partial charge on any atom is -0.481 e. The van der Waals surface area contributed by atoms with Gasteiger partial charge in [-0.05, 0) is 18.3 Å². The Morgan fingerprint density at radius 2 is 1.45 bits per heavy atom. The van der Waals surface area contributed by atoms with Crippen molar-refractivity contribution in [1.29, 1.82) is 0 Å². The zero-order valence-corrected chi connectivity index (χ0v) is 13.7. The maximum Gasteiger partial charge on any atom is 0.303 e. The van der Waals surface area contributed by atoms with Gasteiger partial charge in [-0.15, -0.1) is 0 Å². The zero-order chi connectivity index (χ0) is 16.5. The molecule has 0 spiro atoms. The molecule has 0 bridgehead atoms. The van der Waals surface area contributed by atoms with Gasteiger partial charge in [-0.2, -0.15) is 0 Å². The number of piperazine rings is 1. The maximum atomic E-state index is 12.3. The molecule has 1 aliphatic carbocycles. The van der Waals surface area contributed by atoms with Crippen molar-refractivity contribution in [2.45, 2.75) is 46.5 Å². The second kappa shape index (κ2) is 5.89. The van der Waals surface area contributed by atoms with E-state index in [0.717, 1.165) is 12.8 Å². The van der Waals surface area contributed by atoms with Crippen molar-refractivity contribution in [1.82, 2.24) is 9.80 Å². The van der Waals surface area contributed by atoms with E-state index >= 15 is 0 Å². The van der Waals surface area contributed by atoms with E-state index in [1.165, 1.54) is 0 Å². The molecule has 1 saturated heterocycles. The summed E-state index contributed by atoms with van der Waals surface area (Å²) < 4.78 is 0. The summed E-state index contributed by atoms with van der Waals surface area (Å²) in [4.78, 5) is 39.0. The molecular weight excluding hydrogens is 284 g/mol. The van der Waals surface area contributed by atoms with Crippen LogP contribution < -0.4 is 0 Å². The van der Waals surface area contributed by atoms with Gasteiger partial charge in [0.15, 0.2) is 0 Å². The number of carboxylic acid groups (broad SMARTS) is 1. The third-order valence-electron chi connectivity index (χ3n) is 4.57. The number of aliphatic carboxylic acids is 1. The number of carbonyl (C=O) groups is 3. The van der Waals surface area contributed by atoms with Crippen molar-refractivity contribution in [2.75, 3.05) is 26.2 Å². The monoisotopic (exact) mass is 310 g/mol. The topological polar surface area (TPSA) is 77.9 Å². The predicted octanol–water partition coefficient (Wildman–Crippen LogP) is 1.35. The molecule has 0 unspecified atom stereocenters. The van der Waals surface area contributed by atoms with Crippen molar-refractivity contribution in [3.63, 3.8) is 0 Å². The zero-order valence-electron chi connectivity index (χ0n) is 13.7. The van der Waals surface area contributed by atoms with E-state index in [1.807, 2.05) is 25.7 Å². The van der Waals surface area contributed by atoms with Gasteiger partial charge < -0.3 is 14.9 Å². The van der Waals surface area contributed by atoms with Gasteiger partial charge in [0.05, 0.1) is 6.42 Å². The van der Waals surface area contributed by atoms with Crippen molar-refractivity contribution in [2.24, 2.45) is 10.8 Å². The van der Waals surface area contributed by atoms with Crippen LogP contribution >= 0.6 is 0 Å². The highest BCUT2D eigenvalue weighted by Gasteiger charge is 2.46. The minimum absolute atomic E-state index is 0.0293. The van der Waals surface area contributed by atoms with E-state index in [1.54, 1.807) is 4.90 Å². The molecule has 0 aromatic heterocycles. The van der Waals surface area contributed by atoms with Crippen LogP contribution in [0.1, 0.15) is 46.5 Å². The summed E-state index contributed by atoms with van der Waals surface area (Å²) in [7, 11) is 0. The van der Waals surface area contributed by atoms with Crippen LogP contribution in [-0.2, 0) is 14.4 Å². The van der Waals surface area contributed by atoms with Crippen LogP contribution in [0.4, 0.5) is 0 Å². The van der Waals surface area contributed by atoms with Gasteiger partial charge in [-0.3, -0.25) is 14.4 Å². The van der Waals surface area contributed by atoms with Crippen LogP contribution in [0, 0.1) is 10.8 Å². The van der Waals surface area contributed by atoms with Crippen LogP contribution in [0.15, 0.2) is 0 Å². The van der Waals surface area contributed by atoms with E-state index in [0.29, 0.717) is 32.6 Å². The lowest BCUT2D eigenvalue weighted by Crippen LogP contribution is -2.53. The third-order valence-corrected chi connectivity index (χ3v) is 4.57. The second-order valence-corrected chi connectivity index (χ2v) is 7.67. The first-order valence-corrected chi connectivity index (χ1v) is 7.92. The Kier molecular flexibility index (Phi) is 4.49. The molecule has 0 aromatic rings. The molecule has 6 nitrogen and oxygen atoms in total. The molecular formula is C16H26N2O4. The first kappa shape index (κ1) is 16.8. The summed E-state index contributed by atoms with van der Waals surface area (Å²) in [6.45, 7) is 7.91. The van der Waals surface area contributed by atoms with Crippen molar-refractivity contribution in [3.8, 4) is 0 Å². The Labute approximate surface area is 131 Å². The van der Waals surface area contributed by atoms with Gasteiger partial charge in [0, 0.05) is 38.0 Å². The third kappa shape index (κ3) is 3.99. The quantitative estimate of drug-likeness (QED) is 0.850. The van der Waals surface area contributed by atoms with Gasteiger partial charge in [-0.25, -0.2) is 0 Å². The van der Waals surface area contributed by atoms with Crippen molar-refractivity contribution in [3.05, 3.63) is 0 Å². The Balaban J connectivity index is 1.83. The van der Waals surface area contributed by atoms with E-state index in [2.05, 4.69) is 0 Å². The van der Waals surface area contributed by atoms with Crippen LogP contribution in [0.2, 0.25) is 0 Å². The summed E-state index contributed by atoms with van der Waals surface area (Å²) >= 11 is 0. The summed E-state index contributed by atoms with van der Waals surface area (Å²) in [6.07, 6.45) is 2.06. The molecule has 1 saturated carbocycles. The van der Waals surface area contributed by atoms with Gasteiger partial charge in [-0.1, -0.05) is 20.8 Å². The number of rotatable bonds is 4. The van der Waals surface area contributed by atoms with E-state index in [-0.39, 0.29) is 23.7 Å². The van der Waals surface area contributed by atoms with Crippen LogP contribution in [0.25, 0.3) is 0 Å². The van der Waals surface area contributed by atoms with Gasteiger partial charge in [0.1, 0.15) is 0 Å². The molecule has 1 N–H and O–H groups in total. The second-order valence-electron chi connectivity index (χ2n) is 7.67. The highest BCUT2D eigenvalue weighted by Crippen LogP contribution is 2.52. The van der Waals surface area contributed by atoms with Gasteiger partial charge >= 0.3 is 5.97 Å². The number of carbonyl (C=O) groups excluding carboxylic acids is 2. The first-order chi connectivity index (χ1) is 10.1. The molecule has 124 valence electrons. The standard InChI is InChI=1S/C16H26N2O4/c1-15(2,3)14(22)18-8-6-17(7-9-18)12(19)10-16(4-5-16)11-13(20)21/h4-11H2,1-3H3,(H,20,21). The summed E-state index contributed by atoms with van der Waals surface area (Å²) in [6, 6.07) is 0. The number of nitrogens with zero attached hydrogens (tertiary/aromatic N) is 2. The maximum absolute atomic E-state index is 12.3. The molecule has 0 atom stereocenters. The lowest BCUT2D eigenvalue weighted by atomic mass is 9.94. The fraction of sp³-hybridized carbons (Fsp3) is 0.812. The van der Waals surface area contributed by atoms with E-state index < -0.39 is 11.4 Å². The lowest BCUT2D eigenvalue weighted by Gasteiger charge is -2.38. The molecule has 1 heterocycles. The van der Waals surface area contributed by atoms with E-state index in [9.17, 15) is 14.4 Å². The van der Waals surface area contributed by atoms with Crippen LogP contribution in [0.5, 0.6) is 0 Å².